The number of esters is 1. The number of hydrogen-bond donors (Lipinski definition) is 1. The molecule has 0 heterocycles. The number of allylic oxidation sites excluding steroid dienone is 5. The van der Waals surface area contributed by atoms with Gasteiger partial charge in [-0.2, -0.15) is 0 Å². The molecule has 1 amide bonds. The molecule has 0 aromatic carbocycles. The largest absolute Gasteiger partial charge is 0.756 e. The molecule has 9 nitrogen and oxygen atoms in total. The van der Waals surface area contributed by atoms with E-state index in [-0.39, 0.29) is 31.5 Å². The Kier molecular flexibility index (Phi) is 56.1. The maximum absolute atomic E-state index is 13.6. The first-order chi connectivity index (χ1) is 37.4. The topological polar surface area (TPSA) is 114 Å². The molecule has 0 aliphatic heterocycles. The quantitative estimate of drug-likeness (QED) is 0.0212. The van der Waals surface area contributed by atoms with Crippen LogP contribution in [0.3, 0.4) is 0 Å². The van der Waals surface area contributed by atoms with E-state index >= 15 is 0 Å². The SMILES string of the molecule is CCCCCCCC/C=C/CCCCCCCCCCCC(=O)NC(COP(=O)([O-])OCC[N+](C)(C)C)C(/C=C/CCCCCCCCCCCCC)OC(=O)CCCCCCCCCCC/C=C/CCCCCCCC. The van der Waals surface area contributed by atoms with Gasteiger partial charge in [0.15, 0.2) is 0 Å². The minimum atomic E-state index is -4.70. The Morgan fingerprint density at radius 2 is 0.753 bits per heavy atom. The van der Waals surface area contributed by atoms with Crippen LogP contribution >= 0.6 is 7.82 Å². The Morgan fingerprint density at radius 1 is 0.442 bits per heavy atom. The minimum absolute atomic E-state index is 0.0210. The lowest BCUT2D eigenvalue weighted by Crippen LogP contribution is -2.47. The van der Waals surface area contributed by atoms with Gasteiger partial charge in [0.2, 0.25) is 5.91 Å². The highest BCUT2D eigenvalue weighted by Crippen LogP contribution is 2.38. The monoisotopic (exact) mass is 1100 g/mol. The molecule has 1 N–H and O–H groups in total. The second kappa shape index (κ2) is 57.5. The molecule has 3 unspecified atom stereocenters. The van der Waals surface area contributed by atoms with Gasteiger partial charge in [-0.15, -0.1) is 0 Å². The van der Waals surface area contributed by atoms with Gasteiger partial charge in [-0.3, -0.25) is 14.2 Å². The fourth-order valence-electron chi connectivity index (χ4n) is 9.87. The maximum atomic E-state index is 13.6. The van der Waals surface area contributed by atoms with Crippen molar-refractivity contribution in [1.29, 1.82) is 0 Å². The number of nitrogens with one attached hydrogen (secondary N) is 1. The summed E-state index contributed by atoms with van der Waals surface area (Å²) in [5, 5.41) is 3.04. The molecule has 0 saturated heterocycles. The summed E-state index contributed by atoms with van der Waals surface area (Å²) in [5.41, 5.74) is 0. The summed E-state index contributed by atoms with van der Waals surface area (Å²) in [5.74, 6) is -0.531. The van der Waals surface area contributed by atoms with Gasteiger partial charge in [-0.25, -0.2) is 0 Å². The van der Waals surface area contributed by atoms with Crippen LogP contribution in [0.1, 0.15) is 329 Å². The Balaban J connectivity index is 5.20. The third-order valence-electron chi connectivity index (χ3n) is 15.0. The van der Waals surface area contributed by atoms with Gasteiger partial charge in [0.05, 0.1) is 33.8 Å². The molecule has 0 aromatic rings. The zero-order valence-electron chi connectivity index (χ0n) is 51.9. The first-order valence-corrected chi connectivity index (χ1v) is 34.8. The van der Waals surface area contributed by atoms with Crippen LogP contribution in [-0.4, -0.2) is 69.4 Å². The molecule has 0 spiro atoms. The summed E-state index contributed by atoms with van der Waals surface area (Å²) in [6.07, 6.45) is 69.6. The van der Waals surface area contributed by atoms with Gasteiger partial charge in [0.1, 0.15) is 19.3 Å². The van der Waals surface area contributed by atoms with Gasteiger partial charge in [-0.1, -0.05) is 269 Å². The fraction of sp³-hybridized carbons (Fsp3) is 0.881. The highest BCUT2D eigenvalue weighted by atomic mass is 31.2. The molecule has 0 bridgehead atoms. The van der Waals surface area contributed by atoms with Crippen LogP contribution in [0.2, 0.25) is 0 Å². The standard InChI is InChI=1S/C67H129N2O7P/c1-7-10-13-16-19-22-25-28-30-32-34-36-38-41-44-47-50-53-56-59-66(70)68-64(63-75-77(72,73)74-62-61-69(4,5)6)65(58-55-52-49-46-43-40-27-24-21-18-15-12-9-3)76-67(71)60-57-54-51-48-45-42-39-37-35-33-31-29-26-23-20-17-14-11-8-2/h28-31,55,58,64-65H,7-27,32-54,56-57,59-63H2,1-6H3,(H-,68,70,72,73)/b30-28+,31-29+,58-55+. The van der Waals surface area contributed by atoms with Crippen LogP contribution in [0.4, 0.5) is 0 Å². The third-order valence-corrected chi connectivity index (χ3v) is 16.0. The lowest BCUT2D eigenvalue weighted by Gasteiger charge is -2.30. The molecule has 77 heavy (non-hydrogen) atoms. The van der Waals surface area contributed by atoms with E-state index in [1.807, 2.05) is 33.3 Å². The van der Waals surface area contributed by atoms with E-state index in [4.69, 9.17) is 13.8 Å². The number of rotatable bonds is 61. The predicted molar refractivity (Wildman–Crippen MR) is 330 cm³/mol. The molecular formula is C67H129N2O7P. The van der Waals surface area contributed by atoms with Crippen molar-refractivity contribution in [2.45, 2.75) is 341 Å². The van der Waals surface area contributed by atoms with Crippen molar-refractivity contribution in [3.05, 3.63) is 36.5 Å². The zero-order chi connectivity index (χ0) is 56.4. The number of carbonyl (C=O) groups excluding carboxylic acids is 2. The van der Waals surface area contributed by atoms with Crippen LogP contribution < -0.4 is 10.2 Å². The second-order valence-electron chi connectivity index (χ2n) is 24.0. The van der Waals surface area contributed by atoms with Crippen LogP contribution in [0, 0.1) is 0 Å². The average molecular weight is 1110 g/mol. The first-order valence-electron chi connectivity index (χ1n) is 33.3. The van der Waals surface area contributed by atoms with Gasteiger partial charge in [0, 0.05) is 12.8 Å². The van der Waals surface area contributed by atoms with Crippen molar-refractivity contribution < 1.29 is 37.3 Å². The summed E-state index contributed by atoms with van der Waals surface area (Å²) in [6, 6.07) is -0.888. The van der Waals surface area contributed by atoms with Crippen molar-refractivity contribution in [2.24, 2.45) is 0 Å². The van der Waals surface area contributed by atoms with Crippen molar-refractivity contribution in [2.75, 3.05) is 40.9 Å². The number of nitrogens with zero attached hydrogens (tertiary/aromatic N) is 1. The van der Waals surface area contributed by atoms with Crippen molar-refractivity contribution >= 4 is 19.7 Å². The Bertz CT molecular complexity index is 1410. The van der Waals surface area contributed by atoms with Gasteiger partial charge in [0.25, 0.3) is 7.82 Å². The number of likely N-dealkylation sites (N-methyl/N-ethyl adjacent to an activating group) is 1. The number of phosphoric ester groups is 1. The summed E-state index contributed by atoms with van der Waals surface area (Å²) < 4.78 is 30.4. The Morgan fingerprint density at radius 3 is 1.10 bits per heavy atom. The van der Waals surface area contributed by atoms with Gasteiger partial charge < -0.3 is 28.5 Å². The number of hydrogen-bond acceptors (Lipinski definition) is 7. The molecule has 0 aromatic heterocycles. The molecule has 10 heteroatoms. The molecule has 0 aliphatic carbocycles. The molecule has 0 saturated carbocycles. The van der Waals surface area contributed by atoms with Crippen LogP contribution in [0.5, 0.6) is 0 Å². The number of quaternary nitrogens is 1. The maximum Gasteiger partial charge on any atom is 0.306 e. The van der Waals surface area contributed by atoms with E-state index in [1.54, 1.807) is 0 Å². The summed E-state index contributed by atoms with van der Waals surface area (Å²) in [6.45, 7) is 6.88. The van der Waals surface area contributed by atoms with Gasteiger partial charge in [-0.05, 0) is 83.1 Å². The molecule has 454 valence electrons. The first kappa shape index (κ1) is 75.2. The Labute approximate surface area is 478 Å². The predicted octanol–water partition coefficient (Wildman–Crippen LogP) is 20.0. The summed E-state index contributed by atoms with van der Waals surface area (Å²) >= 11 is 0. The minimum Gasteiger partial charge on any atom is -0.756 e. The van der Waals surface area contributed by atoms with E-state index in [0.29, 0.717) is 17.4 Å². The van der Waals surface area contributed by atoms with Crippen molar-refractivity contribution in [3.63, 3.8) is 0 Å². The van der Waals surface area contributed by atoms with E-state index in [1.165, 1.54) is 238 Å². The highest BCUT2D eigenvalue weighted by molar-refractivity contribution is 7.45. The molecular weight excluding hydrogens is 976 g/mol. The average Bonchev–Trinajstić information content (AvgIpc) is 3.39. The number of ether oxygens (including phenoxy) is 1. The Hall–Kier alpha value is -1.77. The third kappa shape index (κ3) is 58.7. The van der Waals surface area contributed by atoms with Gasteiger partial charge >= 0.3 is 5.97 Å². The zero-order valence-corrected chi connectivity index (χ0v) is 52.8. The highest BCUT2D eigenvalue weighted by Gasteiger charge is 2.27. The van der Waals surface area contributed by atoms with E-state index in [2.05, 4.69) is 50.4 Å². The number of unbranched alkanes of at least 4 members (excludes halogenated alkanes) is 41. The number of amides is 1. The van der Waals surface area contributed by atoms with Crippen LogP contribution in [0.15, 0.2) is 36.5 Å². The molecule has 0 aliphatic rings. The summed E-state index contributed by atoms with van der Waals surface area (Å²) in [4.78, 5) is 40.1. The normalized spacial score (nSPS) is 13.8. The lowest BCUT2D eigenvalue weighted by atomic mass is 10.0. The molecule has 0 rings (SSSR count). The molecule has 0 fully saturated rings. The lowest BCUT2D eigenvalue weighted by molar-refractivity contribution is -0.870. The van der Waals surface area contributed by atoms with E-state index in [9.17, 15) is 19.0 Å². The number of carbonyl (C=O) groups is 2. The smallest absolute Gasteiger partial charge is 0.306 e. The molecule has 3 atom stereocenters. The van der Waals surface area contributed by atoms with Crippen molar-refractivity contribution in [3.8, 4) is 0 Å². The number of phosphoric acid groups is 1. The molecule has 0 radical (unpaired) electrons. The second-order valence-corrected chi connectivity index (χ2v) is 25.4. The van der Waals surface area contributed by atoms with Crippen molar-refractivity contribution in [1.82, 2.24) is 5.32 Å². The van der Waals surface area contributed by atoms with Crippen LogP contribution in [-0.2, 0) is 27.9 Å². The van der Waals surface area contributed by atoms with E-state index in [0.717, 1.165) is 57.8 Å². The van der Waals surface area contributed by atoms with E-state index < -0.39 is 20.0 Å². The van der Waals surface area contributed by atoms with Crippen LogP contribution in [0.25, 0.3) is 0 Å². The summed E-state index contributed by atoms with van der Waals surface area (Å²) in [7, 11) is 1.19. The fourth-order valence-corrected chi connectivity index (χ4v) is 10.6.